The zero-order valence-electron chi connectivity index (χ0n) is 15.1. The average molecular weight is 405 g/mol. The molecule has 0 fully saturated rings. The van der Waals surface area contributed by atoms with Crippen LogP contribution in [0.1, 0.15) is 17.3 Å². The van der Waals surface area contributed by atoms with Crippen LogP contribution < -0.4 is 25.4 Å². The van der Waals surface area contributed by atoms with Crippen molar-refractivity contribution in [3.05, 3.63) is 42.0 Å². The Balaban J connectivity index is 0.00000136. The van der Waals surface area contributed by atoms with Gasteiger partial charge in [0.15, 0.2) is 0 Å². The Morgan fingerprint density at radius 2 is 1.61 bits per heavy atom. The van der Waals surface area contributed by atoms with Crippen molar-refractivity contribution < 1.29 is 22.8 Å². The van der Waals surface area contributed by atoms with Gasteiger partial charge in [0.05, 0.1) is 22.7 Å². The topological polar surface area (TPSA) is 146 Å². The number of hydrogen-bond acceptors (Lipinski definition) is 6. The van der Waals surface area contributed by atoms with E-state index >= 15 is 0 Å². The molecule has 2 aromatic carbocycles. The van der Waals surface area contributed by atoms with Gasteiger partial charge in [-0.3, -0.25) is 19.0 Å². The third-order valence-electron chi connectivity index (χ3n) is 3.63. The summed E-state index contributed by atoms with van der Waals surface area (Å²) in [6.45, 7) is 3.40. The molecule has 0 spiro atoms. The van der Waals surface area contributed by atoms with Crippen molar-refractivity contribution in [3.8, 4) is 0 Å². The van der Waals surface area contributed by atoms with Crippen molar-refractivity contribution in [1.29, 1.82) is 0 Å². The van der Waals surface area contributed by atoms with Gasteiger partial charge in [-0.1, -0.05) is 0 Å². The van der Waals surface area contributed by atoms with Crippen LogP contribution in [0.4, 0.5) is 28.4 Å². The lowest BCUT2D eigenvalue weighted by Crippen LogP contribution is -2.14. The summed E-state index contributed by atoms with van der Waals surface area (Å²) in [4.78, 5) is 31.7. The van der Waals surface area contributed by atoms with E-state index in [2.05, 4.69) is 25.4 Å². The molecule has 0 atom stereocenters. The molecule has 0 unspecified atom stereocenters. The molecule has 10 nitrogen and oxygen atoms in total. The maximum Gasteiger partial charge on any atom is 0.321 e. The first-order chi connectivity index (χ1) is 13.3. The zero-order chi connectivity index (χ0) is 20.9. The molecule has 1 aliphatic rings. The molecular formula is C17H19N5O5S. The van der Waals surface area contributed by atoms with E-state index in [1.807, 2.05) is 6.79 Å². The molecule has 11 heteroatoms. The minimum atomic E-state index is -3.58. The van der Waals surface area contributed by atoms with E-state index < -0.39 is 10.2 Å². The number of rotatable bonds is 4. The van der Waals surface area contributed by atoms with Crippen LogP contribution in [0.2, 0.25) is 0 Å². The second-order valence-corrected chi connectivity index (χ2v) is 7.03. The Kier molecular flexibility index (Phi) is 6.21. The Morgan fingerprint density at radius 1 is 0.929 bits per heavy atom. The minimum absolute atomic E-state index is 0.215. The summed E-state index contributed by atoms with van der Waals surface area (Å²) < 4.78 is 27.6. The Labute approximate surface area is 161 Å². The molecule has 0 saturated carbocycles. The van der Waals surface area contributed by atoms with E-state index in [9.17, 15) is 18.0 Å². The third kappa shape index (κ3) is 4.76. The first-order valence-electron chi connectivity index (χ1n) is 7.91. The Bertz CT molecular complexity index is 1020. The summed E-state index contributed by atoms with van der Waals surface area (Å²) in [6, 6.07) is 9.49. The van der Waals surface area contributed by atoms with E-state index in [4.69, 9.17) is 4.79 Å². The smallest absolute Gasteiger partial charge is 0.321 e. The summed E-state index contributed by atoms with van der Waals surface area (Å²) in [5.74, 6) is -0.586. The van der Waals surface area contributed by atoms with Crippen LogP contribution in [0.15, 0.2) is 36.4 Å². The number of benzene rings is 2. The van der Waals surface area contributed by atoms with Crippen LogP contribution in [0.25, 0.3) is 0 Å². The van der Waals surface area contributed by atoms with Gasteiger partial charge in [0.2, 0.25) is 5.91 Å². The molecule has 0 saturated heterocycles. The highest BCUT2D eigenvalue weighted by atomic mass is 32.2. The average Bonchev–Trinajstić information content (AvgIpc) is 2.96. The number of carbonyl (C=O) groups is 3. The van der Waals surface area contributed by atoms with E-state index in [1.54, 1.807) is 37.4 Å². The van der Waals surface area contributed by atoms with Crippen LogP contribution in [-0.4, -0.2) is 34.1 Å². The highest BCUT2D eigenvalue weighted by Gasteiger charge is 2.22. The SMILES string of the molecule is C=O.CNc1cc(C(=O)Nc2ccc3c(c2)NS(=O)(=O)N3)ccc1NC(C)=O. The van der Waals surface area contributed by atoms with Crippen molar-refractivity contribution in [2.24, 2.45) is 0 Å². The maximum atomic E-state index is 12.5. The fourth-order valence-electron chi connectivity index (χ4n) is 2.50. The Morgan fingerprint density at radius 3 is 2.25 bits per heavy atom. The molecule has 2 aromatic rings. The molecule has 0 radical (unpaired) electrons. The summed E-state index contributed by atoms with van der Waals surface area (Å²) in [5.41, 5.74) is 2.76. The lowest BCUT2D eigenvalue weighted by molar-refractivity contribution is -0.114. The van der Waals surface area contributed by atoms with Gasteiger partial charge in [-0.05, 0) is 36.4 Å². The van der Waals surface area contributed by atoms with Gasteiger partial charge >= 0.3 is 10.2 Å². The Hall–Kier alpha value is -3.60. The normalized spacial score (nSPS) is 12.9. The number of nitrogens with one attached hydrogen (secondary N) is 5. The highest BCUT2D eigenvalue weighted by molar-refractivity contribution is 7.94. The van der Waals surface area contributed by atoms with Crippen LogP contribution in [0.5, 0.6) is 0 Å². The zero-order valence-corrected chi connectivity index (χ0v) is 15.9. The first-order valence-corrected chi connectivity index (χ1v) is 9.40. The van der Waals surface area contributed by atoms with Crippen LogP contribution in [-0.2, 0) is 19.8 Å². The summed E-state index contributed by atoms with van der Waals surface area (Å²) >= 11 is 0. The molecular weight excluding hydrogens is 386 g/mol. The minimum Gasteiger partial charge on any atom is -0.386 e. The quantitative estimate of drug-likeness (QED) is 0.525. The number of amides is 2. The van der Waals surface area contributed by atoms with Gasteiger partial charge in [0.25, 0.3) is 5.91 Å². The fraction of sp³-hybridized carbons (Fsp3) is 0.118. The molecule has 1 aliphatic heterocycles. The lowest BCUT2D eigenvalue weighted by Gasteiger charge is -2.12. The molecule has 1 heterocycles. The monoisotopic (exact) mass is 405 g/mol. The van der Waals surface area contributed by atoms with Gasteiger partial charge in [0.1, 0.15) is 6.79 Å². The van der Waals surface area contributed by atoms with Gasteiger partial charge in [-0.2, -0.15) is 8.42 Å². The number of carbonyl (C=O) groups excluding carboxylic acids is 3. The third-order valence-corrected chi connectivity index (χ3v) is 4.61. The molecule has 0 aliphatic carbocycles. The predicted octanol–water partition coefficient (Wildman–Crippen LogP) is 1.84. The maximum absolute atomic E-state index is 12.5. The second kappa shape index (κ2) is 8.39. The molecule has 28 heavy (non-hydrogen) atoms. The first kappa shape index (κ1) is 20.7. The van der Waals surface area contributed by atoms with Crippen molar-refractivity contribution in [3.63, 3.8) is 0 Å². The van der Waals surface area contributed by atoms with Gasteiger partial charge in [0, 0.05) is 25.2 Å². The van der Waals surface area contributed by atoms with E-state index in [0.29, 0.717) is 34.0 Å². The number of hydrogen-bond donors (Lipinski definition) is 5. The fourth-order valence-corrected chi connectivity index (χ4v) is 3.48. The molecule has 3 rings (SSSR count). The van der Waals surface area contributed by atoms with Crippen LogP contribution in [0.3, 0.4) is 0 Å². The highest BCUT2D eigenvalue weighted by Crippen LogP contribution is 2.32. The van der Waals surface area contributed by atoms with Gasteiger partial charge < -0.3 is 20.7 Å². The molecule has 0 bridgehead atoms. The molecule has 2 amide bonds. The lowest BCUT2D eigenvalue weighted by atomic mass is 10.1. The van der Waals surface area contributed by atoms with Crippen LogP contribution >= 0.6 is 0 Å². The van der Waals surface area contributed by atoms with E-state index in [1.165, 1.54) is 13.0 Å². The van der Waals surface area contributed by atoms with Gasteiger partial charge in [-0.25, -0.2) is 0 Å². The summed E-state index contributed by atoms with van der Waals surface area (Å²) in [6.07, 6.45) is 0. The predicted molar refractivity (Wildman–Crippen MR) is 108 cm³/mol. The standard InChI is InChI=1S/C16H17N5O4S.CH2O/c1-9(22)18-12-5-3-10(7-14(12)17-2)16(23)19-11-4-6-13-15(8-11)21-26(24,25)20-13;1-2/h3-8,17,20-21H,1-2H3,(H,18,22)(H,19,23);1H2. The van der Waals surface area contributed by atoms with Crippen molar-refractivity contribution in [2.75, 3.05) is 32.4 Å². The molecule has 5 N–H and O–H groups in total. The van der Waals surface area contributed by atoms with Gasteiger partial charge in [-0.15, -0.1) is 0 Å². The van der Waals surface area contributed by atoms with Crippen molar-refractivity contribution in [2.45, 2.75) is 6.92 Å². The number of fused-ring (bicyclic) bond motifs is 1. The second-order valence-electron chi connectivity index (χ2n) is 5.61. The van der Waals surface area contributed by atoms with Crippen molar-refractivity contribution in [1.82, 2.24) is 0 Å². The molecule has 148 valence electrons. The van der Waals surface area contributed by atoms with Crippen molar-refractivity contribution >= 4 is 57.2 Å². The summed E-state index contributed by atoms with van der Waals surface area (Å²) in [5, 5.41) is 8.30. The van der Waals surface area contributed by atoms with E-state index in [0.717, 1.165) is 0 Å². The van der Waals surface area contributed by atoms with Crippen LogP contribution in [0, 0.1) is 0 Å². The molecule has 0 aromatic heterocycles. The number of anilines is 5. The summed E-state index contributed by atoms with van der Waals surface area (Å²) in [7, 11) is -1.90. The van der Waals surface area contributed by atoms with E-state index in [-0.39, 0.29) is 11.8 Å². The largest absolute Gasteiger partial charge is 0.386 e.